The summed E-state index contributed by atoms with van der Waals surface area (Å²) in [6, 6.07) is 6.28. The lowest BCUT2D eigenvalue weighted by Gasteiger charge is -2.18. The van der Waals surface area contributed by atoms with E-state index in [1.54, 1.807) is 14.2 Å². The molecule has 0 heterocycles. The summed E-state index contributed by atoms with van der Waals surface area (Å²) >= 11 is 0. The van der Waals surface area contributed by atoms with Crippen molar-refractivity contribution in [2.45, 2.75) is 38.5 Å². The van der Waals surface area contributed by atoms with Crippen LogP contribution in [-0.4, -0.2) is 33.3 Å². The molecule has 1 N–H and O–H groups in total. The molecule has 1 aromatic rings. The van der Waals surface area contributed by atoms with Gasteiger partial charge in [0.15, 0.2) is 0 Å². The Kier molecular flexibility index (Phi) is 6.25. The highest BCUT2D eigenvalue weighted by molar-refractivity contribution is 5.77. The second-order valence-corrected chi connectivity index (χ2v) is 6.07. The van der Waals surface area contributed by atoms with Gasteiger partial charge in [-0.25, -0.2) is 0 Å². The Balaban J connectivity index is 1.95. The number of aryl methyl sites for hydroxylation is 1. The predicted octanol–water partition coefficient (Wildman–Crippen LogP) is 3.04. The number of carbonyl (C=O) groups is 1. The molecule has 1 unspecified atom stereocenters. The quantitative estimate of drug-likeness (QED) is 0.713. The van der Waals surface area contributed by atoms with E-state index in [1.807, 2.05) is 6.07 Å². The molecule has 122 valence electrons. The Morgan fingerprint density at radius 1 is 1.36 bits per heavy atom. The molecule has 1 aliphatic carbocycles. The molecule has 1 aromatic carbocycles. The molecule has 1 atom stereocenters. The van der Waals surface area contributed by atoms with Gasteiger partial charge >= 0.3 is 0 Å². The second-order valence-electron chi connectivity index (χ2n) is 6.07. The molecular formula is C18H27NO3. The average Bonchev–Trinajstić information content (AvgIpc) is 3.34. The highest BCUT2D eigenvalue weighted by Crippen LogP contribution is 2.45. The van der Waals surface area contributed by atoms with Crippen LogP contribution in [0.5, 0.6) is 5.75 Å². The molecule has 22 heavy (non-hydrogen) atoms. The summed E-state index contributed by atoms with van der Waals surface area (Å²) in [5, 5.41) is 2.99. The second kappa shape index (κ2) is 8.18. The molecule has 2 rings (SSSR count). The third-order valence-electron chi connectivity index (χ3n) is 4.29. The molecule has 1 saturated carbocycles. The van der Waals surface area contributed by atoms with Crippen LogP contribution in [0.2, 0.25) is 0 Å². The maximum atomic E-state index is 12.2. The van der Waals surface area contributed by atoms with Crippen molar-refractivity contribution < 1.29 is 14.3 Å². The van der Waals surface area contributed by atoms with Gasteiger partial charge in [0.25, 0.3) is 0 Å². The van der Waals surface area contributed by atoms with Crippen molar-refractivity contribution in [3.63, 3.8) is 0 Å². The first-order chi connectivity index (χ1) is 10.7. The normalized spacial score (nSPS) is 15.4. The molecule has 1 aliphatic rings. The average molecular weight is 305 g/mol. The number of methoxy groups -OCH3 is 2. The number of carbonyl (C=O) groups excluding carboxylic acids is 1. The van der Waals surface area contributed by atoms with Gasteiger partial charge in [0.05, 0.1) is 7.11 Å². The van der Waals surface area contributed by atoms with Crippen molar-refractivity contribution in [2.24, 2.45) is 5.92 Å². The molecule has 0 aromatic heterocycles. The highest BCUT2D eigenvalue weighted by Gasteiger charge is 2.33. The first-order valence-corrected chi connectivity index (χ1v) is 8.06. The van der Waals surface area contributed by atoms with Crippen LogP contribution in [0.1, 0.15) is 42.7 Å². The van der Waals surface area contributed by atoms with Crippen molar-refractivity contribution in [1.82, 2.24) is 5.32 Å². The zero-order chi connectivity index (χ0) is 15.9. The van der Waals surface area contributed by atoms with Crippen molar-refractivity contribution in [3.05, 3.63) is 29.3 Å². The van der Waals surface area contributed by atoms with E-state index in [2.05, 4.69) is 24.4 Å². The van der Waals surface area contributed by atoms with E-state index >= 15 is 0 Å². The van der Waals surface area contributed by atoms with Crippen LogP contribution in [0, 0.1) is 12.8 Å². The van der Waals surface area contributed by atoms with Gasteiger partial charge in [-0.15, -0.1) is 0 Å². The lowest BCUT2D eigenvalue weighted by molar-refractivity contribution is -0.121. The van der Waals surface area contributed by atoms with E-state index in [9.17, 15) is 4.79 Å². The van der Waals surface area contributed by atoms with E-state index in [0.29, 0.717) is 31.4 Å². The summed E-state index contributed by atoms with van der Waals surface area (Å²) in [5.74, 6) is 2.02. The molecule has 1 fully saturated rings. The molecule has 1 amide bonds. The fourth-order valence-corrected chi connectivity index (χ4v) is 2.90. The van der Waals surface area contributed by atoms with E-state index in [0.717, 1.165) is 17.7 Å². The third-order valence-corrected chi connectivity index (χ3v) is 4.29. The SMILES string of the molecule is COCCCNC(=O)CC(c1ccc(OC)c(C)c1)C1CC1. The number of amides is 1. The number of hydrogen-bond donors (Lipinski definition) is 1. The maximum Gasteiger partial charge on any atom is 0.220 e. The number of ether oxygens (including phenoxy) is 2. The molecule has 0 radical (unpaired) electrons. The van der Waals surface area contributed by atoms with Gasteiger partial charge in [0.2, 0.25) is 5.91 Å². The first-order valence-electron chi connectivity index (χ1n) is 8.06. The van der Waals surface area contributed by atoms with Crippen molar-refractivity contribution in [1.29, 1.82) is 0 Å². The molecule has 0 saturated heterocycles. The molecular weight excluding hydrogens is 278 g/mol. The van der Waals surface area contributed by atoms with Crippen molar-refractivity contribution >= 4 is 5.91 Å². The van der Waals surface area contributed by atoms with Gasteiger partial charge in [-0.3, -0.25) is 4.79 Å². The first kappa shape index (κ1) is 16.8. The van der Waals surface area contributed by atoms with Crippen LogP contribution < -0.4 is 10.1 Å². The maximum absolute atomic E-state index is 12.2. The van der Waals surface area contributed by atoms with Crippen LogP contribution in [0.25, 0.3) is 0 Å². The van der Waals surface area contributed by atoms with Crippen molar-refractivity contribution in [3.8, 4) is 5.75 Å². The Labute approximate surface area is 133 Å². The largest absolute Gasteiger partial charge is 0.496 e. The van der Waals surface area contributed by atoms with Crippen LogP contribution in [0.15, 0.2) is 18.2 Å². The smallest absolute Gasteiger partial charge is 0.220 e. The summed E-state index contributed by atoms with van der Waals surface area (Å²) < 4.78 is 10.3. The van der Waals surface area contributed by atoms with Crippen LogP contribution in [-0.2, 0) is 9.53 Å². The Hall–Kier alpha value is -1.55. The van der Waals surface area contributed by atoms with Crippen LogP contribution in [0.3, 0.4) is 0 Å². The van der Waals surface area contributed by atoms with Gasteiger partial charge in [-0.1, -0.05) is 12.1 Å². The van der Waals surface area contributed by atoms with Crippen molar-refractivity contribution in [2.75, 3.05) is 27.4 Å². The number of hydrogen-bond acceptors (Lipinski definition) is 3. The molecule has 0 bridgehead atoms. The minimum atomic E-state index is 0.140. The predicted molar refractivity (Wildman–Crippen MR) is 87.3 cm³/mol. The topological polar surface area (TPSA) is 47.6 Å². The summed E-state index contributed by atoms with van der Waals surface area (Å²) in [6.07, 6.45) is 3.89. The highest BCUT2D eigenvalue weighted by atomic mass is 16.5. The molecule has 0 spiro atoms. The Morgan fingerprint density at radius 3 is 2.73 bits per heavy atom. The Morgan fingerprint density at radius 2 is 2.14 bits per heavy atom. The van der Waals surface area contributed by atoms with E-state index in [4.69, 9.17) is 9.47 Å². The minimum Gasteiger partial charge on any atom is -0.496 e. The van der Waals surface area contributed by atoms with Crippen LogP contribution in [0.4, 0.5) is 0 Å². The number of rotatable bonds is 9. The fraction of sp³-hybridized carbons (Fsp3) is 0.611. The third kappa shape index (κ3) is 4.73. The number of nitrogens with one attached hydrogen (secondary N) is 1. The van der Waals surface area contributed by atoms with E-state index in [1.165, 1.54) is 18.4 Å². The van der Waals surface area contributed by atoms with Gasteiger partial charge in [0, 0.05) is 26.7 Å². The van der Waals surface area contributed by atoms with Gasteiger partial charge in [-0.2, -0.15) is 0 Å². The summed E-state index contributed by atoms with van der Waals surface area (Å²) in [4.78, 5) is 12.2. The lowest BCUT2D eigenvalue weighted by atomic mass is 9.89. The number of benzene rings is 1. The zero-order valence-electron chi connectivity index (χ0n) is 13.9. The van der Waals surface area contributed by atoms with E-state index < -0.39 is 0 Å². The molecule has 0 aliphatic heterocycles. The molecule has 4 nitrogen and oxygen atoms in total. The Bertz CT molecular complexity index is 497. The fourth-order valence-electron chi connectivity index (χ4n) is 2.90. The summed E-state index contributed by atoms with van der Waals surface area (Å²) in [5.41, 5.74) is 2.39. The van der Waals surface area contributed by atoms with E-state index in [-0.39, 0.29) is 5.91 Å². The summed E-state index contributed by atoms with van der Waals surface area (Å²) in [6.45, 7) is 3.42. The summed E-state index contributed by atoms with van der Waals surface area (Å²) in [7, 11) is 3.37. The van der Waals surface area contributed by atoms with Gasteiger partial charge < -0.3 is 14.8 Å². The van der Waals surface area contributed by atoms with Gasteiger partial charge in [-0.05, 0) is 55.2 Å². The zero-order valence-corrected chi connectivity index (χ0v) is 13.9. The minimum absolute atomic E-state index is 0.140. The van der Waals surface area contributed by atoms with Gasteiger partial charge in [0.1, 0.15) is 5.75 Å². The van der Waals surface area contributed by atoms with Crippen LogP contribution >= 0.6 is 0 Å². The lowest BCUT2D eigenvalue weighted by Crippen LogP contribution is -2.27. The molecule has 4 heteroatoms. The monoisotopic (exact) mass is 305 g/mol. The standard InChI is InChI=1S/C18H27NO3/c1-13-11-15(7-8-17(13)22-3)16(14-5-6-14)12-18(20)19-9-4-10-21-2/h7-8,11,14,16H,4-6,9-10,12H2,1-3H3,(H,19,20).